The highest BCUT2D eigenvalue weighted by Crippen LogP contribution is 2.46. The maximum absolute atomic E-state index is 10.5. The summed E-state index contributed by atoms with van der Waals surface area (Å²) < 4.78 is 6.14. The molecule has 0 spiro atoms. The summed E-state index contributed by atoms with van der Waals surface area (Å²) >= 11 is 0. The molecule has 3 fully saturated rings. The second kappa shape index (κ2) is 9.70. The van der Waals surface area contributed by atoms with Gasteiger partial charge in [-0.3, -0.25) is 4.79 Å². The van der Waals surface area contributed by atoms with Crippen LogP contribution in [0.4, 0.5) is 0 Å². The molecule has 3 rings (SSSR count). The van der Waals surface area contributed by atoms with E-state index in [1.54, 1.807) is 0 Å². The first-order chi connectivity index (χ1) is 12.6. The van der Waals surface area contributed by atoms with E-state index >= 15 is 0 Å². The lowest BCUT2D eigenvalue weighted by Crippen LogP contribution is -2.26. The van der Waals surface area contributed by atoms with E-state index in [9.17, 15) is 9.90 Å². The Morgan fingerprint density at radius 1 is 1.08 bits per heavy atom. The first kappa shape index (κ1) is 19.6. The molecule has 0 aromatic carbocycles. The molecule has 0 amide bonds. The summed E-state index contributed by atoms with van der Waals surface area (Å²) in [4.78, 5) is 10.5. The van der Waals surface area contributed by atoms with Crippen LogP contribution >= 0.6 is 0 Å². The third-order valence-corrected chi connectivity index (χ3v) is 6.49. The summed E-state index contributed by atoms with van der Waals surface area (Å²) in [7, 11) is 0. The summed E-state index contributed by atoms with van der Waals surface area (Å²) in [5, 5.41) is 19.2. The zero-order chi connectivity index (χ0) is 18.4. The van der Waals surface area contributed by atoms with Crippen molar-refractivity contribution in [1.29, 1.82) is 0 Å². The minimum Gasteiger partial charge on any atom is -0.481 e. The Morgan fingerprint density at radius 2 is 1.85 bits per heavy atom. The summed E-state index contributed by atoms with van der Waals surface area (Å²) in [6.07, 6.45) is 20.2. The van der Waals surface area contributed by atoms with Crippen molar-refractivity contribution < 1.29 is 19.7 Å². The normalized spacial score (nSPS) is 33.4. The van der Waals surface area contributed by atoms with Crippen LogP contribution in [-0.4, -0.2) is 34.5 Å². The lowest BCUT2D eigenvalue weighted by molar-refractivity contribution is -0.137. The molecule has 1 saturated carbocycles. The Bertz CT molecular complexity index is 506. The number of carboxylic acid groups (broad SMARTS) is 1. The fraction of sp³-hybridized carbons (Fsp3) is 0.773. The third kappa shape index (κ3) is 5.20. The van der Waals surface area contributed by atoms with Gasteiger partial charge in [-0.15, -0.1) is 0 Å². The average Bonchev–Trinajstić information content (AvgIpc) is 3.24. The Kier molecular flexibility index (Phi) is 7.32. The fourth-order valence-electron chi connectivity index (χ4n) is 5.00. The van der Waals surface area contributed by atoms with Gasteiger partial charge in [0.15, 0.2) is 0 Å². The molecule has 0 radical (unpaired) electrons. The van der Waals surface area contributed by atoms with Crippen molar-refractivity contribution in [3.8, 4) is 0 Å². The van der Waals surface area contributed by atoms with Gasteiger partial charge in [0.25, 0.3) is 0 Å². The largest absolute Gasteiger partial charge is 0.481 e. The number of unbranched alkanes of at least 4 members (excludes halogenated alkanes) is 1. The van der Waals surface area contributed by atoms with Gasteiger partial charge in [0.05, 0.1) is 18.3 Å². The minimum atomic E-state index is -0.721. The zero-order valence-corrected chi connectivity index (χ0v) is 15.8. The van der Waals surface area contributed by atoms with Crippen LogP contribution in [0.1, 0.15) is 70.6 Å². The molecule has 2 bridgehead atoms. The van der Waals surface area contributed by atoms with Gasteiger partial charge in [0.2, 0.25) is 0 Å². The van der Waals surface area contributed by atoms with E-state index < -0.39 is 5.97 Å². The molecule has 0 aromatic rings. The number of aliphatic carboxylic acids is 1. The molecule has 1 unspecified atom stereocenters. The number of allylic oxidation sites excluding steroid dienone is 2. The van der Waals surface area contributed by atoms with Gasteiger partial charge in [0.1, 0.15) is 0 Å². The Labute approximate surface area is 157 Å². The van der Waals surface area contributed by atoms with Crippen LogP contribution in [0.2, 0.25) is 0 Å². The monoisotopic (exact) mass is 362 g/mol. The smallest absolute Gasteiger partial charge is 0.303 e. The zero-order valence-electron chi connectivity index (χ0n) is 15.8. The van der Waals surface area contributed by atoms with Crippen LogP contribution in [0.5, 0.6) is 0 Å². The van der Waals surface area contributed by atoms with E-state index in [0.29, 0.717) is 36.4 Å². The minimum absolute atomic E-state index is 0.242. The summed E-state index contributed by atoms with van der Waals surface area (Å²) in [5.74, 6) is 0.628. The highest BCUT2D eigenvalue weighted by molar-refractivity contribution is 5.66. The predicted octanol–water partition coefficient (Wildman–Crippen LogP) is 4.48. The Morgan fingerprint density at radius 3 is 2.62 bits per heavy atom. The predicted molar refractivity (Wildman–Crippen MR) is 102 cm³/mol. The first-order valence-corrected chi connectivity index (χ1v) is 10.5. The van der Waals surface area contributed by atoms with Crippen LogP contribution < -0.4 is 0 Å². The number of carboxylic acids is 1. The number of fused-ring (bicyclic) bond motifs is 2. The maximum Gasteiger partial charge on any atom is 0.303 e. The third-order valence-electron chi connectivity index (χ3n) is 6.49. The maximum atomic E-state index is 10.5. The summed E-state index contributed by atoms with van der Waals surface area (Å²) in [5.41, 5.74) is 0. The molecular formula is C22H34O4. The molecular weight excluding hydrogens is 328 g/mol. The van der Waals surface area contributed by atoms with Gasteiger partial charge in [-0.25, -0.2) is 0 Å². The van der Waals surface area contributed by atoms with Gasteiger partial charge in [0, 0.05) is 12.3 Å². The molecule has 26 heavy (non-hydrogen) atoms. The van der Waals surface area contributed by atoms with E-state index in [-0.39, 0.29) is 12.5 Å². The number of aliphatic hydroxyl groups excluding tert-OH is 1. The van der Waals surface area contributed by atoms with Crippen LogP contribution in [0.15, 0.2) is 24.3 Å². The van der Waals surface area contributed by atoms with Crippen LogP contribution in [0, 0.1) is 17.8 Å². The Balaban J connectivity index is 1.49. The standard InChI is InChI=1S/C22H34O4/c23-19(16-8-4-3-5-9-16)13-12-18-17(20-14-15-21(18)26-20)10-6-1-2-7-11-22(24)25/h1,6,12-13,16-21,23H,2-5,7-11,14-15H2,(H,24,25)/t17-,18+,19?,20-,21+/m1/s1. The lowest BCUT2D eigenvalue weighted by atomic mass is 9.76. The number of hydrogen-bond donors (Lipinski definition) is 2. The van der Waals surface area contributed by atoms with E-state index in [1.165, 1.54) is 19.3 Å². The van der Waals surface area contributed by atoms with Crippen molar-refractivity contribution in [3.63, 3.8) is 0 Å². The fourth-order valence-corrected chi connectivity index (χ4v) is 5.00. The molecule has 4 nitrogen and oxygen atoms in total. The van der Waals surface area contributed by atoms with E-state index in [2.05, 4.69) is 18.2 Å². The van der Waals surface area contributed by atoms with E-state index in [0.717, 1.165) is 38.5 Å². The molecule has 2 N–H and O–H groups in total. The molecule has 2 aliphatic heterocycles. The van der Waals surface area contributed by atoms with Gasteiger partial charge >= 0.3 is 5.97 Å². The second-order valence-corrected chi connectivity index (χ2v) is 8.30. The van der Waals surface area contributed by atoms with Crippen LogP contribution in [0.3, 0.4) is 0 Å². The van der Waals surface area contributed by atoms with Gasteiger partial charge < -0.3 is 14.9 Å². The van der Waals surface area contributed by atoms with E-state index in [4.69, 9.17) is 9.84 Å². The quantitative estimate of drug-likeness (QED) is 0.469. The van der Waals surface area contributed by atoms with Crippen molar-refractivity contribution in [2.24, 2.45) is 17.8 Å². The van der Waals surface area contributed by atoms with Gasteiger partial charge in [-0.2, -0.15) is 0 Å². The number of rotatable bonds is 9. The highest BCUT2D eigenvalue weighted by Gasteiger charge is 2.46. The van der Waals surface area contributed by atoms with Crippen LogP contribution in [-0.2, 0) is 9.53 Å². The molecule has 0 aromatic heterocycles. The van der Waals surface area contributed by atoms with Crippen molar-refractivity contribution in [3.05, 3.63) is 24.3 Å². The summed E-state index contributed by atoms with van der Waals surface area (Å²) in [6.45, 7) is 0. The highest BCUT2D eigenvalue weighted by atomic mass is 16.5. The lowest BCUT2D eigenvalue weighted by Gasteiger charge is -2.27. The van der Waals surface area contributed by atoms with Crippen LogP contribution in [0.25, 0.3) is 0 Å². The van der Waals surface area contributed by atoms with Crippen molar-refractivity contribution in [2.45, 2.75) is 88.9 Å². The molecule has 5 atom stereocenters. The number of aliphatic hydroxyl groups is 1. The topological polar surface area (TPSA) is 66.8 Å². The number of carbonyl (C=O) groups is 1. The molecule has 1 aliphatic carbocycles. The molecule has 2 heterocycles. The Hall–Kier alpha value is -1.13. The van der Waals surface area contributed by atoms with Crippen molar-refractivity contribution in [2.75, 3.05) is 0 Å². The summed E-state index contributed by atoms with van der Waals surface area (Å²) in [6, 6.07) is 0. The van der Waals surface area contributed by atoms with Crippen molar-refractivity contribution in [1.82, 2.24) is 0 Å². The SMILES string of the molecule is O=C(O)CCCC=CC[C@@H]1[C@H](C=CC(O)C2CCCCC2)[C@@H]2CC[C@H]1O2. The first-order valence-electron chi connectivity index (χ1n) is 10.5. The molecule has 3 aliphatic rings. The molecule has 146 valence electrons. The average molecular weight is 363 g/mol. The molecule has 2 saturated heterocycles. The van der Waals surface area contributed by atoms with Crippen molar-refractivity contribution >= 4 is 5.97 Å². The molecule has 4 heteroatoms. The van der Waals surface area contributed by atoms with Gasteiger partial charge in [-0.05, 0) is 56.8 Å². The second-order valence-electron chi connectivity index (χ2n) is 8.30. The number of ether oxygens (including phenoxy) is 1. The van der Waals surface area contributed by atoms with E-state index in [1.807, 2.05) is 6.08 Å². The number of hydrogen-bond acceptors (Lipinski definition) is 3. The van der Waals surface area contributed by atoms with Gasteiger partial charge in [-0.1, -0.05) is 43.6 Å².